The zero-order valence-electron chi connectivity index (χ0n) is 10.6. The molecule has 19 heavy (non-hydrogen) atoms. The van der Waals surface area contributed by atoms with Crippen molar-refractivity contribution < 1.29 is 9.53 Å². The number of benzene rings is 1. The minimum absolute atomic E-state index is 0.266. The normalized spacial score (nSPS) is 8.37. The Hall–Kier alpha value is -2.47. The van der Waals surface area contributed by atoms with Gasteiger partial charge in [0, 0.05) is 24.0 Å². The van der Waals surface area contributed by atoms with E-state index in [4.69, 9.17) is 11.2 Å². The highest BCUT2D eigenvalue weighted by Gasteiger charge is 1.93. The van der Waals surface area contributed by atoms with Crippen molar-refractivity contribution in [2.24, 2.45) is 0 Å². The van der Waals surface area contributed by atoms with Crippen molar-refractivity contribution in [3.8, 4) is 36.0 Å². The molecule has 0 atom stereocenters. The van der Waals surface area contributed by atoms with E-state index in [1.165, 1.54) is 0 Å². The third kappa shape index (κ3) is 6.13. The Balaban J connectivity index is 2.69. The maximum atomic E-state index is 10.2. The second kappa shape index (κ2) is 9.55. The van der Waals surface area contributed by atoms with Crippen molar-refractivity contribution in [1.29, 1.82) is 0 Å². The van der Waals surface area contributed by atoms with Crippen LogP contribution >= 0.6 is 0 Å². The van der Waals surface area contributed by atoms with Crippen LogP contribution in [0.25, 0.3) is 0 Å². The molecule has 0 bridgehead atoms. The number of ether oxygens (including phenoxy) is 1. The molecule has 0 saturated heterocycles. The number of carbonyl (C=O) groups excluding carboxylic acids is 1. The van der Waals surface area contributed by atoms with Gasteiger partial charge in [-0.3, -0.25) is 0 Å². The number of hydrogen-bond acceptors (Lipinski definition) is 2. The van der Waals surface area contributed by atoms with Gasteiger partial charge >= 0.3 is 0 Å². The molecule has 1 aromatic carbocycles. The van der Waals surface area contributed by atoms with Crippen LogP contribution < -0.4 is 0 Å². The monoisotopic (exact) mass is 250 g/mol. The lowest BCUT2D eigenvalue weighted by molar-refractivity contribution is -0.107. The molecule has 0 aliphatic rings. The molecule has 0 fully saturated rings. The zero-order chi connectivity index (χ0) is 13.8. The number of terminal acetylenes is 1. The Morgan fingerprint density at radius 2 is 1.79 bits per heavy atom. The van der Waals surface area contributed by atoms with Crippen LogP contribution in [-0.4, -0.2) is 19.5 Å². The lowest BCUT2D eigenvalue weighted by atomic mass is 10.1. The van der Waals surface area contributed by atoms with Crippen LogP contribution in [0.3, 0.4) is 0 Å². The third-order valence-corrected chi connectivity index (χ3v) is 2.12. The molecule has 0 radical (unpaired) electrons. The van der Waals surface area contributed by atoms with Crippen LogP contribution in [0.1, 0.15) is 24.0 Å². The van der Waals surface area contributed by atoms with Gasteiger partial charge in [0.1, 0.15) is 19.5 Å². The minimum atomic E-state index is 0.266. The van der Waals surface area contributed by atoms with Gasteiger partial charge < -0.3 is 9.53 Å². The maximum Gasteiger partial charge on any atom is 0.120 e. The number of aldehydes is 1. The van der Waals surface area contributed by atoms with Crippen LogP contribution in [0.5, 0.6) is 0 Å². The van der Waals surface area contributed by atoms with Gasteiger partial charge in [0.05, 0.1) is 0 Å². The molecule has 1 rings (SSSR count). The van der Waals surface area contributed by atoms with Crippen molar-refractivity contribution in [3.63, 3.8) is 0 Å². The van der Waals surface area contributed by atoms with Crippen molar-refractivity contribution in [1.82, 2.24) is 0 Å². The summed E-state index contributed by atoms with van der Waals surface area (Å²) in [6.45, 7) is 0.568. The van der Waals surface area contributed by atoms with Crippen LogP contribution in [0.4, 0.5) is 0 Å². The van der Waals surface area contributed by atoms with Crippen LogP contribution in [0.2, 0.25) is 0 Å². The summed E-state index contributed by atoms with van der Waals surface area (Å²) in [5, 5.41) is 0. The second-order valence-electron chi connectivity index (χ2n) is 3.55. The summed E-state index contributed by atoms with van der Waals surface area (Å²) >= 11 is 0. The quantitative estimate of drug-likeness (QED) is 0.464. The van der Waals surface area contributed by atoms with Gasteiger partial charge in [0.15, 0.2) is 0 Å². The van der Waals surface area contributed by atoms with Gasteiger partial charge in [-0.1, -0.05) is 41.7 Å². The molecule has 2 nitrogen and oxygen atoms in total. The highest BCUT2D eigenvalue weighted by molar-refractivity contribution is 5.52. The summed E-state index contributed by atoms with van der Waals surface area (Å²) in [4.78, 5) is 10.2. The number of rotatable bonds is 4. The van der Waals surface area contributed by atoms with Crippen molar-refractivity contribution >= 4 is 6.29 Å². The summed E-state index contributed by atoms with van der Waals surface area (Å²) in [6.07, 6.45) is 6.95. The van der Waals surface area contributed by atoms with Crippen molar-refractivity contribution in [3.05, 3.63) is 35.4 Å². The summed E-state index contributed by atoms with van der Waals surface area (Å²) in [7, 11) is 0. The Bertz CT molecular complexity index is 571. The fourth-order valence-corrected chi connectivity index (χ4v) is 1.28. The van der Waals surface area contributed by atoms with Gasteiger partial charge in [-0.25, -0.2) is 0 Å². The number of unbranched alkanes of at least 4 members (excludes halogenated alkanes) is 1. The molecule has 0 saturated carbocycles. The molecule has 0 aliphatic carbocycles. The van der Waals surface area contributed by atoms with E-state index in [0.717, 1.165) is 17.4 Å². The number of hydrogen-bond donors (Lipinski definition) is 0. The molecule has 2 heteroatoms. The standard InChI is InChI=1S/C17H14O2/c1-2-14-19-15-8-12-17-11-6-5-10-16(17)9-4-3-7-13-18/h1,5-6,10-11,13H,3,7,14-15H2. The Morgan fingerprint density at radius 1 is 1.11 bits per heavy atom. The fraction of sp³-hybridized carbons (Fsp3) is 0.235. The van der Waals surface area contributed by atoms with Gasteiger partial charge in [0.25, 0.3) is 0 Å². The average Bonchev–Trinajstić information content (AvgIpc) is 2.45. The summed E-state index contributed by atoms with van der Waals surface area (Å²) in [6, 6.07) is 7.62. The molecule has 0 aliphatic heterocycles. The summed E-state index contributed by atoms with van der Waals surface area (Å²) in [5.74, 6) is 14.2. The first kappa shape index (κ1) is 14.6. The molecule has 0 amide bonds. The predicted octanol–water partition coefficient (Wildman–Crippen LogP) is 2.02. The smallest absolute Gasteiger partial charge is 0.120 e. The summed E-state index contributed by atoms with van der Waals surface area (Å²) in [5.41, 5.74) is 1.71. The van der Waals surface area contributed by atoms with E-state index in [9.17, 15) is 4.79 Å². The summed E-state index contributed by atoms with van der Waals surface area (Å²) < 4.78 is 5.07. The molecule has 0 heterocycles. The van der Waals surface area contributed by atoms with Gasteiger partial charge in [-0.15, -0.1) is 6.42 Å². The van der Waals surface area contributed by atoms with Gasteiger partial charge in [-0.2, -0.15) is 0 Å². The van der Waals surface area contributed by atoms with Crippen LogP contribution in [0.15, 0.2) is 24.3 Å². The van der Waals surface area contributed by atoms with Crippen LogP contribution in [0, 0.1) is 36.0 Å². The van der Waals surface area contributed by atoms with E-state index >= 15 is 0 Å². The Kier molecular flexibility index (Phi) is 7.33. The Morgan fingerprint density at radius 3 is 2.42 bits per heavy atom. The van der Waals surface area contributed by atoms with E-state index < -0.39 is 0 Å². The SMILES string of the molecule is C#CCOCC#Cc1ccccc1C#CCCC=O. The fourth-order valence-electron chi connectivity index (χ4n) is 1.28. The zero-order valence-corrected chi connectivity index (χ0v) is 10.6. The second-order valence-corrected chi connectivity index (χ2v) is 3.55. The molecule has 94 valence electrons. The predicted molar refractivity (Wildman–Crippen MR) is 75.1 cm³/mol. The largest absolute Gasteiger partial charge is 0.356 e. The van der Waals surface area contributed by atoms with Gasteiger partial charge in [-0.05, 0) is 12.1 Å². The topological polar surface area (TPSA) is 26.3 Å². The van der Waals surface area contributed by atoms with E-state index in [2.05, 4.69) is 29.6 Å². The molecule has 0 N–H and O–H groups in total. The highest BCUT2D eigenvalue weighted by atomic mass is 16.5. The van der Waals surface area contributed by atoms with E-state index in [1.807, 2.05) is 24.3 Å². The van der Waals surface area contributed by atoms with E-state index in [1.54, 1.807) is 0 Å². The molecule has 0 aromatic heterocycles. The first-order valence-corrected chi connectivity index (χ1v) is 5.90. The third-order valence-electron chi connectivity index (χ3n) is 2.12. The van der Waals surface area contributed by atoms with Gasteiger partial charge in [0.2, 0.25) is 0 Å². The van der Waals surface area contributed by atoms with Crippen molar-refractivity contribution in [2.45, 2.75) is 12.8 Å². The minimum Gasteiger partial charge on any atom is -0.356 e. The molecular weight excluding hydrogens is 236 g/mol. The Labute approximate surface area is 114 Å². The number of carbonyl (C=O) groups is 1. The first-order valence-electron chi connectivity index (χ1n) is 5.90. The van der Waals surface area contributed by atoms with E-state index in [0.29, 0.717) is 19.4 Å². The average molecular weight is 250 g/mol. The molecule has 0 unspecified atom stereocenters. The first-order chi connectivity index (χ1) is 9.38. The molecular formula is C17H14O2. The van der Waals surface area contributed by atoms with Crippen LogP contribution in [-0.2, 0) is 9.53 Å². The molecule has 1 aromatic rings. The lowest BCUT2D eigenvalue weighted by Gasteiger charge is -1.95. The van der Waals surface area contributed by atoms with Crippen molar-refractivity contribution in [2.75, 3.05) is 13.2 Å². The highest BCUT2D eigenvalue weighted by Crippen LogP contribution is 2.05. The maximum absolute atomic E-state index is 10.2. The molecule has 0 spiro atoms. The lowest BCUT2D eigenvalue weighted by Crippen LogP contribution is -1.91. The van der Waals surface area contributed by atoms with E-state index in [-0.39, 0.29) is 6.61 Å².